The Balaban J connectivity index is 2.01. The Hall–Kier alpha value is -2.09. The van der Waals surface area contributed by atoms with Crippen LogP contribution in [0.5, 0.6) is 5.75 Å². The molecule has 128 valence electrons. The van der Waals surface area contributed by atoms with Crippen LogP contribution >= 0.6 is 11.6 Å². The quantitative estimate of drug-likeness (QED) is 0.820. The van der Waals surface area contributed by atoms with E-state index in [2.05, 4.69) is 10.0 Å². The van der Waals surface area contributed by atoms with Crippen molar-refractivity contribution in [3.05, 3.63) is 53.1 Å². The molecule has 0 bridgehead atoms. The molecule has 0 spiro atoms. The standard InChI is InChI=1S/C16H17ClN2O4S/c1-11-5-3-4-6-15(11)24(21,22)18-10-16(20)19-12-7-8-14(23-2)13(17)9-12/h3-9,18H,10H2,1-2H3,(H,19,20). The lowest BCUT2D eigenvalue weighted by atomic mass is 10.2. The molecule has 2 aromatic rings. The van der Waals surface area contributed by atoms with Gasteiger partial charge in [0.2, 0.25) is 15.9 Å². The molecular weight excluding hydrogens is 352 g/mol. The number of carbonyl (C=O) groups excluding carboxylic acids is 1. The van der Waals surface area contributed by atoms with Gasteiger partial charge in [-0.25, -0.2) is 13.1 Å². The molecule has 8 heteroatoms. The molecule has 0 heterocycles. The second-order valence-electron chi connectivity index (χ2n) is 4.99. The first-order chi connectivity index (χ1) is 11.3. The smallest absolute Gasteiger partial charge is 0.241 e. The van der Waals surface area contributed by atoms with E-state index < -0.39 is 15.9 Å². The number of benzene rings is 2. The summed E-state index contributed by atoms with van der Waals surface area (Å²) in [7, 11) is -2.27. The maximum atomic E-state index is 12.2. The summed E-state index contributed by atoms with van der Waals surface area (Å²) >= 11 is 5.97. The highest BCUT2D eigenvalue weighted by Gasteiger charge is 2.17. The van der Waals surface area contributed by atoms with Crippen molar-refractivity contribution < 1.29 is 17.9 Å². The molecule has 6 nitrogen and oxygen atoms in total. The lowest BCUT2D eigenvalue weighted by molar-refractivity contribution is -0.115. The topological polar surface area (TPSA) is 84.5 Å². The average molecular weight is 369 g/mol. The van der Waals surface area contributed by atoms with Crippen LogP contribution in [0, 0.1) is 6.92 Å². The van der Waals surface area contributed by atoms with Crippen LogP contribution in [-0.4, -0.2) is 28.0 Å². The Kier molecular flexibility index (Phi) is 5.82. The lowest BCUT2D eigenvalue weighted by Crippen LogP contribution is -2.33. The zero-order valence-electron chi connectivity index (χ0n) is 13.2. The molecule has 0 fully saturated rings. The molecule has 1 amide bonds. The lowest BCUT2D eigenvalue weighted by Gasteiger charge is -2.10. The number of nitrogens with one attached hydrogen (secondary N) is 2. The molecular formula is C16H17ClN2O4S. The largest absolute Gasteiger partial charge is 0.495 e. The third-order valence-corrected chi connectivity index (χ3v) is 5.10. The highest BCUT2D eigenvalue weighted by atomic mass is 35.5. The second kappa shape index (κ2) is 7.65. The summed E-state index contributed by atoms with van der Waals surface area (Å²) in [5.74, 6) is -0.0247. The predicted octanol–water partition coefficient (Wildman–Crippen LogP) is 2.57. The van der Waals surface area contributed by atoms with Crippen molar-refractivity contribution in [2.45, 2.75) is 11.8 Å². The number of carbonyl (C=O) groups is 1. The first-order valence-corrected chi connectivity index (χ1v) is 8.88. The van der Waals surface area contributed by atoms with E-state index in [1.807, 2.05) is 0 Å². The van der Waals surface area contributed by atoms with Gasteiger partial charge in [-0.05, 0) is 36.8 Å². The molecule has 0 atom stereocenters. The van der Waals surface area contributed by atoms with E-state index >= 15 is 0 Å². The van der Waals surface area contributed by atoms with Crippen molar-refractivity contribution >= 4 is 33.2 Å². The van der Waals surface area contributed by atoms with E-state index in [-0.39, 0.29) is 11.4 Å². The summed E-state index contributed by atoms with van der Waals surface area (Å²) in [6.45, 7) is 1.30. The number of amides is 1. The predicted molar refractivity (Wildman–Crippen MR) is 93.0 cm³/mol. The van der Waals surface area contributed by atoms with Crippen LogP contribution in [0.15, 0.2) is 47.4 Å². The molecule has 0 saturated carbocycles. The van der Waals surface area contributed by atoms with Gasteiger partial charge in [0.25, 0.3) is 0 Å². The van der Waals surface area contributed by atoms with Crippen molar-refractivity contribution in [1.29, 1.82) is 0 Å². The molecule has 0 saturated heterocycles. The number of sulfonamides is 1. The zero-order chi connectivity index (χ0) is 17.7. The highest BCUT2D eigenvalue weighted by molar-refractivity contribution is 7.89. The van der Waals surface area contributed by atoms with Gasteiger partial charge >= 0.3 is 0 Å². The summed E-state index contributed by atoms with van der Waals surface area (Å²) in [4.78, 5) is 12.1. The molecule has 0 aliphatic heterocycles. The fraction of sp³-hybridized carbons (Fsp3) is 0.188. The van der Waals surface area contributed by atoms with Crippen molar-refractivity contribution in [3.63, 3.8) is 0 Å². The molecule has 0 unspecified atom stereocenters. The van der Waals surface area contributed by atoms with Crippen molar-refractivity contribution in [2.24, 2.45) is 0 Å². The van der Waals surface area contributed by atoms with Gasteiger partial charge in [-0.3, -0.25) is 4.79 Å². The fourth-order valence-electron chi connectivity index (χ4n) is 2.05. The first kappa shape index (κ1) is 18.3. The molecule has 2 N–H and O–H groups in total. The van der Waals surface area contributed by atoms with Crippen LogP contribution < -0.4 is 14.8 Å². The molecule has 2 rings (SSSR count). The van der Waals surface area contributed by atoms with Crippen LogP contribution in [0.1, 0.15) is 5.56 Å². The van der Waals surface area contributed by atoms with Crippen molar-refractivity contribution in [2.75, 3.05) is 19.0 Å². The monoisotopic (exact) mass is 368 g/mol. The summed E-state index contributed by atoms with van der Waals surface area (Å²) in [6, 6.07) is 11.3. The number of halogens is 1. The van der Waals surface area contributed by atoms with E-state index in [0.717, 1.165) is 0 Å². The van der Waals surface area contributed by atoms with E-state index in [0.29, 0.717) is 22.0 Å². The van der Waals surface area contributed by atoms with E-state index in [9.17, 15) is 13.2 Å². The number of hydrogen-bond donors (Lipinski definition) is 2. The normalized spacial score (nSPS) is 11.1. The van der Waals surface area contributed by atoms with Crippen LogP contribution in [-0.2, 0) is 14.8 Å². The third-order valence-electron chi connectivity index (χ3n) is 3.24. The molecule has 0 aliphatic carbocycles. The zero-order valence-corrected chi connectivity index (χ0v) is 14.7. The number of ether oxygens (including phenoxy) is 1. The summed E-state index contributed by atoms with van der Waals surface area (Å²) in [5, 5.41) is 2.91. The average Bonchev–Trinajstić information content (AvgIpc) is 2.53. The molecule has 0 aromatic heterocycles. The van der Waals surface area contributed by atoms with Crippen molar-refractivity contribution in [3.8, 4) is 5.75 Å². The maximum Gasteiger partial charge on any atom is 0.241 e. The van der Waals surface area contributed by atoms with Crippen LogP contribution in [0.25, 0.3) is 0 Å². The van der Waals surface area contributed by atoms with Crippen molar-refractivity contribution in [1.82, 2.24) is 4.72 Å². The van der Waals surface area contributed by atoms with Gasteiger partial charge < -0.3 is 10.1 Å². The first-order valence-electron chi connectivity index (χ1n) is 7.02. The van der Waals surface area contributed by atoms with Gasteiger partial charge in [-0.2, -0.15) is 0 Å². The third kappa shape index (κ3) is 4.47. The summed E-state index contributed by atoms with van der Waals surface area (Å²) in [6.07, 6.45) is 0. The fourth-order valence-corrected chi connectivity index (χ4v) is 3.53. The summed E-state index contributed by atoms with van der Waals surface area (Å²) < 4.78 is 31.7. The van der Waals surface area contributed by atoms with E-state index in [1.165, 1.54) is 19.2 Å². The SMILES string of the molecule is COc1ccc(NC(=O)CNS(=O)(=O)c2ccccc2C)cc1Cl. The van der Waals surface area contributed by atoms with E-state index in [4.69, 9.17) is 16.3 Å². The van der Waals surface area contributed by atoms with Gasteiger partial charge in [0.1, 0.15) is 5.75 Å². The van der Waals surface area contributed by atoms with Gasteiger partial charge in [0.15, 0.2) is 0 Å². The minimum absolute atomic E-state index is 0.144. The van der Waals surface area contributed by atoms with Gasteiger partial charge in [-0.1, -0.05) is 29.8 Å². The Morgan fingerprint density at radius 1 is 1.21 bits per heavy atom. The molecule has 0 aliphatic rings. The van der Waals surface area contributed by atoms with Gasteiger partial charge in [0, 0.05) is 5.69 Å². The van der Waals surface area contributed by atoms with Crippen LogP contribution in [0.4, 0.5) is 5.69 Å². The Labute approximate surface area is 145 Å². The minimum atomic E-state index is -3.75. The number of aryl methyl sites for hydroxylation is 1. The summed E-state index contributed by atoms with van der Waals surface area (Å²) in [5.41, 5.74) is 1.05. The number of hydrogen-bond acceptors (Lipinski definition) is 4. The molecule has 0 radical (unpaired) electrons. The Bertz CT molecular complexity index is 853. The van der Waals surface area contributed by atoms with Gasteiger partial charge in [0.05, 0.1) is 23.6 Å². The van der Waals surface area contributed by atoms with E-state index in [1.54, 1.807) is 37.3 Å². The minimum Gasteiger partial charge on any atom is -0.495 e. The van der Waals surface area contributed by atoms with Crippen LogP contribution in [0.3, 0.4) is 0 Å². The van der Waals surface area contributed by atoms with Gasteiger partial charge in [-0.15, -0.1) is 0 Å². The maximum absolute atomic E-state index is 12.2. The molecule has 2 aromatic carbocycles. The number of methoxy groups -OCH3 is 1. The number of anilines is 1. The van der Waals surface area contributed by atoms with Crippen LogP contribution in [0.2, 0.25) is 5.02 Å². The second-order valence-corrected chi connectivity index (χ2v) is 7.13. The Morgan fingerprint density at radius 3 is 2.54 bits per heavy atom. The number of rotatable bonds is 6. The molecule has 24 heavy (non-hydrogen) atoms. The highest BCUT2D eigenvalue weighted by Crippen LogP contribution is 2.27. The Morgan fingerprint density at radius 2 is 1.92 bits per heavy atom.